The monoisotopic (exact) mass is 493 g/mol. The number of hydrogen-bond donors (Lipinski definition) is 0. The zero-order chi connectivity index (χ0) is 25.6. The van der Waals surface area contributed by atoms with E-state index in [1.807, 2.05) is 31.2 Å². The summed E-state index contributed by atoms with van der Waals surface area (Å²) in [5, 5.41) is 0. The number of ether oxygens (including phenoxy) is 1. The van der Waals surface area contributed by atoms with Crippen molar-refractivity contribution in [1.29, 1.82) is 0 Å². The summed E-state index contributed by atoms with van der Waals surface area (Å²) in [6.45, 7) is 2.19. The van der Waals surface area contributed by atoms with Crippen molar-refractivity contribution in [3.8, 4) is 22.3 Å². The minimum absolute atomic E-state index is 0.294. The first-order valence-corrected chi connectivity index (χ1v) is 13.2. The van der Waals surface area contributed by atoms with Gasteiger partial charge in [-0.15, -0.1) is 0 Å². The van der Waals surface area contributed by atoms with Gasteiger partial charge in [-0.3, -0.25) is 0 Å². The van der Waals surface area contributed by atoms with E-state index in [9.17, 15) is 4.79 Å². The van der Waals surface area contributed by atoms with E-state index in [0.717, 1.165) is 18.5 Å². The summed E-state index contributed by atoms with van der Waals surface area (Å²) < 4.78 is 5.24. The van der Waals surface area contributed by atoms with Gasteiger partial charge in [-0.25, -0.2) is 4.79 Å². The standard InChI is InChI=1S/C35H27NO2/c1-2-38-35(37)23-17-19-26(20-18-23)36(33-15-7-13-29-27-11-5-3-9-24(27)21-31(29)33)34-16-8-14-30-28-12-6-4-10-25(28)22-32(30)34/h3-20H,2,21-22H2,1H3. The van der Waals surface area contributed by atoms with E-state index in [-0.39, 0.29) is 5.97 Å². The summed E-state index contributed by atoms with van der Waals surface area (Å²) in [5.74, 6) is -0.294. The molecule has 7 rings (SSSR count). The van der Waals surface area contributed by atoms with Crippen molar-refractivity contribution < 1.29 is 9.53 Å². The van der Waals surface area contributed by atoms with Crippen LogP contribution in [-0.4, -0.2) is 12.6 Å². The number of benzene rings is 5. The Morgan fingerprint density at radius 2 is 1.13 bits per heavy atom. The van der Waals surface area contributed by atoms with Gasteiger partial charge >= 0.3 is 5.97 Å². The van der Waals surface area contributed by atoms with Crippen molar-refractivity contribution in [2.75, 3.05) is 11.5 Å². The molecule has 0 unspecified atom stereocenters. The van der Waals surface area contributed by atoms with Crippen molar-refractivity contribution in [3.05, 3.63) is 137 Å². The van der Waals surface area contributed by atoms with Crippen LogP contribution in [0.3, 0.4) is 0 Å². The molecule has 3 heteroatoms. The SMILES string of the molecule is CCOC(=O)c1ccc(N(c2cccc3c2Cc2ccccc2-3)c2cccc3c2Cc2ccccc2-3)cc1. The molecular weight excluding hydrogens is 466 g/mol. The number of esters is 1. The topological polar surface area (TPSA) is 29.5 Å². The van der Waals surface area contributed by atoms with E-state index >= 15 is 0 Å². The molecule has 5 aromatic rings. The Morgan fingerprint density at radius 1 is 0.632 bits per heavy atom. The molecule has 0 saturated carbocycles. The van der Waals surface area contributed by atoms with Gasteiger partial charge in [0.1, 0.15) is 0 Å². The molecule has 0 atom stereocenters. The summed E-state index contributed by atoms with van der Waals surface area (Å²) in [7, 11) is 0. The molecule has 2 aliphatic carbocycles. The first kappa shape index (κ1) is 22.6. The minimum atomic E-state index is -0.294. The molecule has 0 heterocycles. The number of carbonyl (C=O) groups excluding carboxylic acids is 1. The smallest absolute Gasteiger partial charge is 0.338 e. The molecule has 2 aliphatic rings. The van der Waals surface area contributed by atoms with Gasteiger partial charge in [0.2, 0.25) is 0 Å². The molecule has 0 fully saturated rings. The second-order valence-corrected chi connectivity index (χ2v) is 9.88. The molecule has 0 aliphatic heterocycles. The lowest BCUT2D eigenvalue weighted by molar-refractivity contribution is 0.0526. The fraction of sp³-hybridized carbons (Fsp3) is 0.114. The van der Waals surface area contributed by atoms with E-state index in [4.69, 9.17) is 4.74 Å². The third kappa shape index (κ3) is 3.54. The Balaban J connectivity index is 1.42. The lowest BCUT2D eigenvalue weighted by Gasteiger charge is -2.30. The van der Waals surface area contributed by atoms with Gasteiger partial charge in [-0.2, -0.15) is 0 Å². The van der Waals surface area contributed by atoms with Crippen LogP contribution in [-0.2, 0) is 17.6 Å². The maximum atomic E-state index is 12.4. The van der Waals surface area contributed by atoms with Crippen LogP contribution in [0.1, 0.15) is 39.5 Å². The minimum Gasteiger partial charge on any atom is -0.462 e. The van der Waals surface area contributed by atoms with E-state index < -0.39 is 0 Å². The van der Waals surface area contributed by atoms with Crippen LogP contribution in [0, 0.1) is 0 Å². The third-order valence-corrected chi connectivity index (χ3v) is 7.77. The summed E-state index contributed by atoms with van der Waals surface area (Å²) in [6, 6.07) is 38.5. The molecule has 3 nitrogen and oxygen atoms in total. The molecule has 0 saturated heterocycles. The largest absolute Gasteiger partial charge is 0.462 e. The molecule has 5 aromatic carbocycles. The van der Waals surface area contributed by atoms with Gasteiger partial charge in [0.25, 0.3) is 0 Å². The molecule has 184 valence electrons. The molecule has 0 N–H and O–H groups in total. The predicted octanol–water partition coefficient (Wildman–Crippen LogP) is 8.48. The van der Waals surface area contributed by atoms with Crippen LogP contribution < -0.4 is 4.90 Å². The molecular formula is C35H27NO2. The molecule has 0 amide bonds. The fourth-order valence-corrected chi connectivity index (χ4v) is 6.07. The van der Waals surface area contributed by atoms with Crippen molar-refractivity contribution in [2.24, 2.45) is 0 Å². The van der Waals surface area contributed by atoms with E-state index in [1.165, 1.54) is 55.9 Å². The normalized spacial score (nSPS) is 12.3. The van der Waals surface area contributed by atoms with E-state index in [2.05, 4.69) is 89.8 Å². The third-order valence-electron chi connectivity index (χ3n) is 7.77. The fourth-order valence-electron chi connectivity index (χ4n) is 6.07. The molecule has 0 bridgehead atoms. The average molecular weight is 494 g/mol. The summed E-state index contributed by atoms with van der Waals surface area (Å²) in [6.07, 6.45) is 1.79. The number of hydrogen-bond acceptors (Lipinski definition) is 3. The Hall–Kier alpha value is -4.63. The van der Waals surface area contributed by atoms with Crippen molar-refractivity contribution in [2.45, 2.75) is 19.8 Å². The van der Waals surface area contributed by atoms with Gasteiger partial charge in [0.05, 0.1) is 23.5 Å². The van der Waals surface area contributed by atoms with Gasteiger partial charge in [-0.05, 0) is 87.8 Å². The second-order valence-electron chi connectivity index (χ2n) is 9.88. The first-order valence-electron chi connectivity index (χ1n) is 13.2. The van der Waals surface area contributed by atoms with Gasteiger partial charge < -0.3 is 9.64 Å². The number of carbonyl (C=O) groups is 1. The number of fused-ring (bicyclic) bond motifs is 6. The van der Waals surface area contributed by atoms with Gasteiger partial charge in [-0.1, -0.05) is 72.8 Å². The van der Waals surface area contributed by atoms with Crippen LogP contribution in [0.25, 0.3) is 22.3 Å². The van der Waals surface area contributed by atoms with Crippen LogP contribution in [0.2, 0.25) is 0 Å². The quantitative estimate of drug-likeness (QED) is 0.225. The second kappa shape index (κ2) is 9.04. The lowest BCUT2D eigenvalue weighted by atomic mass is 10.00. The predicted molar refractivity (Wildman–Crippen MR) is 154 cm³/mol. The Kier molecular flexibility index (Phi) is 5.36. The highest BCUT2D eigenvalue weighted by molar-refractivity contribution is 5.93. The highest BCUT2D eigenvalue weighted by Gasteiger charge is 2.28. The first-order chi connectivity index (χ1) is 18.7. The van der Waals surface area contributed by atoms with Crippen LogP contribution in [0.5, 0.6) is 0 Å². The zero-order valence-corrected chi connectivity index (χ0v) is 21.3. The summed E-state index contributed by atoms with van der Waals surface area (Å²) in [4.78, 5) is 14.8. The maximum absolute atomic E-state index is 12.4. The van der Waals surface area contributed by atoms with Gasteiger partial charge in [0, 0.05) is 18.5 Å². The highest BCUT2D eigenvalue weighted by Crippen LogP contribution is 2.49. The Bertz CT molecular complexity index is 1600. The Morgan fingerprint density at radius 3 is 1.66 bits per heavy atom. The number of anilines is 3. The maximum Gasteiger partial charge on any atom is 0.338 e. The summed E-state index contributed by atoms with van der Waals surface area (Å²) >= 11 is 0. The highest BCUT2D eigenvalue weighted by atomic mass is 16.5. The van der Waals surface area contributed by atoms with E-state index in [1.54, 1.807) is 0 Å². The van der Waals surface area contributed by atoms with Crippen molar-refractivity contribution in [1.82, 2.24) is 0 Å². The molecule has 0 spiro atoms. The molecule has 0 radical (unpaired) electrons. The van der Waals surface area contributed by atoms with Crippen molar-refractivity contribution >= 4 is 23.0 Å². The van der Waals surface area contributed by atoms with Crippen molar-refractivity contribution in [3.63, 3.8) is 0 Å². The summed E-state index contributed by atoms with van der Waals surface area (Å²) in [5.41, 5.74) is 14.5. The molecule has 38 heavy (non-hydrogen) atoms. The number of rotatable bonds is 5. The zero-order valence-electron chi connectivity index (χ0n) is 21.3. The van der Waals surface area contributed by atoms with Crippen LogP contribution >= 0.6 is 0 Å². The lowest BCUT2D eigenvalue weighted by Crippen LogP contribution is -2.14. The van der Waals surface area contributed by atoms with Crippen LogP contribution in [0.4, 0.5) is 17.1 Å². The number of nitrogens with zero attached hydrogens (tertiary/aromatic N) is 1. The van der Waals surface area contributed by atoms with Crippen LogP contribution in [0.15, 0.2) is 109 Å². The molecule has 0 aromatic heterocycles. The Labute approximate surface area is 223 Å². The van der Waals surface area contributed by atoms with Gasteiger partial charge in [0.15, 0.2) is 0 Å². The van der Waals surface area contributed by atoms with E-state index in [0.29, 0.717) is 12.2 Å². The average Bonchev–Trinajstić information content (AvgIpc) is 3.53.